The maximum atomic E-state index is 13.1. The zero-order valence-electron chi connectivity index (χ0n) is 42.6. The second kappa shape index (κ2) is 27.7. The fraction of sp³-hybridized carbons (Fsp3) is 0.269. The van der Waals surface area contributed by atoms with Crippen LogP contribution < -0.4 is 15.2 Å². The predicted octanol–water partition coefficient (Wildman–Crippen LogP) is 12.3. The quantitative estimate of drug-likeness (QED) is 0.0692. The highest BCUT2D eigenvalue weighted by Gasteiger charge is 2.33. The number of anilines is 1. The average molecular weight is 1180 g/mol. The van der Waals surface area contributed by atoms with Crippen molar-refractivity contribution in [3.63, 3.8) is 0 Å². The fourth-order valence-electron chi connectivity index (χ4n) is 7.38. The molecule has 3 aromatic heterocycles. The van der Waals surface area contributed by atoms with Gasteiger partial charge >= 0.3 is 0 Å². The SMILES string of the molecule is CCN(CC)S(=O)(=O)c1sc(Cl)c(N)c1O.CCN(CC)S(=O)(=O)c1sc(Cl)c(N=C(c2ccccc2)c2ccccc2)c1OC.CCN(CC)S(=O)(=O)c1scc(N=C(c2ccccc2)c2ccccc2)c1OC. The van der Waals surface area contributed by atoms with Crippen LogP contribution in [-0.4, -0.2) is 108 Å². The molecule has 0 amide bonds. The highest BCUT2D eigenvalue weighted by Crippen LogP contribution is 2.49. The summed E-state index contributed by atoms with van der Waals surface area (Å²) >= 11 is 15.0. The van der Waals surface area contributed by atoms with E-state index >= 15 is 0 Å². The Balaban J connectivity index is 0.000000218. The number of methoxy groups -OCH3 is 2. The van der Waals surface area contributed by atoms with Crippen LogP contribution in [-0.2, 0) is 30.1 Å². The van der Waals surface area contributed by atoms with E-state index < -0.39 is 35.8 Å². The van der Waals surface area contributed by atoms with Crippen molar-refractivity contribution >= 4 is 116 Å². The van der Waals surface area contributed by atoms with E-state index in [1.165, 1.54) is 27.1 Å². The molecule has 15 nitrogen and oxygen atoms in total. The lowest BCUT2D eigenvalue weighted by atomic mass is 10.0. The van der Waals surface area contributed by atoms with Gasteiger partial charge in [0.2, 0.25) is 0 Å². The minimum atomic E-state index is -3.74. The monoisotopic (exact) mass is 1170 g/mol. The lowest BCUT2D eigenvalue weighted by Gasteiger charge is -2.18. The van der Waals surface area contributed by atoms with E-state index in [0.29, 0.717) is 56.4 Å². The number of hydrogen-bond acceptors (Lipinski definition) is 15. The molecular weight excluding hydrogens is 1120 g/mol. The summed E-state index contributed by atoms with van der Waals surface area (Å²) in [5.41, 5.74) is 11.3. The van der Waals surface area contributed by atoms with Crippen LogP contribution in [0.25, 0.3) is 0 Å². The van der Waals surface area contributed by atoms with Crippen molar-refractivity contribution in [1.82, 2.24) is 12.9 Å². The van der Waals surface area contributed by atoms with Crippen molar-refractivity contribution in [1.29, 1.82) is 0 Å². The third-order valence-corrected chi connectivity index (χ3v) is 22.5. The minimum absolute atomic E-state index is 0.0675. The van der Waals surface area contributed by atoms with E-state index in [9.17, 15) is 30.4 Å². The van der Waals surface area contributed by atoms with Crippen molar-refractivity contribution < 1.29 is 39.8 Å². The molecule has 3 heterocycles. The minimum Gasteiger partial charge on any atom is -0.504 e. The second-order valence-corrected chi connectivity index (χ2v) is 26.1. The molecule has 0 aliphatic heterocycles. The summed E-state index contributed by atoms with van der Waals surface area (Å²) in [5.74, 6) is -0.00516. The first-order valence-corrected chi connectivity index (χ1v) is 31.1. The predicted molar refractivity (Wildman–Crippen MR) is 309 cm³/mol. The van der Waals surface area contributed by atoms with Gasteiger partial charge in [-0.1, -0.05) is 186 Å². The van der Waals surface area contributed by atoms with Crippen molar-refractivity contribution in [2.24, 2.45) is 9.98 Å². The molecule has 0 atom stereocenters. The van der Waals surface area contributed by atoms with Crippen molar-refractivity contribution in [3.05, 3.63) is 158 Å². The van der Waals surface area contributed by atoms with Gasteiger partial charge in [0, 0.05) is 66.9 Å². The summed E-state index contributed by atoms with van der Waals surface area (Å²) in [5, 5.41) is 11.3. The molecule has 7 aromatic rings. The first-order chi connectivity index (χ1) is 35.8. The number of aromatic hydroxyl groups is 1. The van der Waals surface area contributed by atoms with Crippen LogP contribution in [0.1, 0.15) is 63.8 Å². The third kappa shape index (κ3) is 14.1. The molecule has 0 unspecified atom stereocenters. The molecule has 0 bridgehead atoms. The van der Waals surface area contributed by atoms with Crippen LogP contribution in [0.2, 0.25) is 8.67 Å². The van der Waals surface area contributed by atoms with Gasteiger partial charge in [-0.25, -0.2) is 35.2 Å². The van der Waals surface area contributed by atoms with Crippen LogP contribution >= 0.6 is 57.2 Å². The summed E-state index contributed by atoms with van der Waals surface area (Å²) < 4.78 is 91.8. The number of hydrogen-bond donors (Lipinski definition) is 2. The van der Waals surface area contributed by atoms with E-state index in [4.69, 9.17) is 48.4 Å². The Morgan fingerprint density at radius 3 is 1.19 bits per heavy atom. The lowest BCUT2D eigenvalue weighted by molar-refractivity contribution is 0.401. The molecule has 402 valence electrons. The molecular formula is C52H60Cl2N6O9S6. The summed E-state index contributed by atoms with van der Waals surface area (Å²) in [4.78, 5) is 9.64. The standard InChI is InChI=1S/C22H23ClN2O3S2.C22H24N2O3S2.C8H13ClN2O3S2/c1-4-25(5-2)30(26,27)22-20(28-3)19(21(23)29-22)24-18(16-12-8-6-9-13-16)17-14-10-7-11-15-17;1-4-24(5-2)29(25,26)22-21(27-3)19(16-28-22)23-20(17-12-8-6-9-13-17)18-14-10-7-11-15-18;1-3-11(4-2)16(13,14)8-6(12)5(10)7(9)15-8/h6-15H,4-5H2,1-3H3;6-16H,4-5H2,1-3H3;12H,3-4,10H2,1-2H3. The summed E-state index contributed by atoms with van der Waals surface area (Å²) in [6, 6.07) is 39.0. The normalized spacial score (nSPS) is 11.6. The van der Waals surface area contributed by atoms with Gasteiger partial charge in [-0.2, -0.15) is 12.9 Å². The Labute approximate surface area is 463 Å². The zero-order chi connectivity index (χ0) is 55.1. The highest BCUT2D eigenvalue weighted by atomic mass is 35.5. The number of nitrogens with two attached hydrogens (primary N) is 1. The molecule has 0 spiro atoms. The smallest absolute Gasteiger partial charge is 0.256 e. The molecule has 0 saturated heterocycles. The van der Waals surface area contributed by atoms with Gasteiger partial charge in [-0.05, 0) is 0 Å². The van der Waals surface area contributed by atoms with Crippen LogP contribution in [0, 0.1) is 0 Å². The number of halogens is 2. The Morgan fingerprint density at radius 2 is 0.853 bits per heavy atom. The summed E-state index contributed by atoms with van der Waals surface area (Å²) in [7, 11) is -8.15. The number of nitrogens with zero attached hydrogens (tertiary/aromatic N) is 5. The summed E-state index contributed by atoms with van der Waals surface area (Å²) in [6.45, 7) is 12.8. The molecule has 0 saturated carbocycles. The van der Waals surface area contributed by atoms with E-state index in [-0.39, 0.29) is 38.5 Å². The second-order valence-electron chi connectivity index (χ2n) is 15.6. The van der Waals surface area contributed by atoms with Gasteiger partial charge in [0.05, 0.1) is 25.6 Å². The molecule has 0 fully saturated rings. The van der Waals surface area contributed by atoms with Crippen LogP contribution in [0.5, 0.6) is 17.2 Å². The molecule has 0 radical (unpaired) electrons. The average Bonchev–Trinajstić information content (AvgIpc) is 4.08. The van der Waals surface area contributed by atoms with Gasteiger partial charge in [0.25, 0.3) is 30.1 Å². The maximum absolute atomic E-state index is 13.1. The lowest BCUT2D eigenvalue weighted by Crippen LogP contribution is -2.30. The Morgan fingerprint density at radius 1 is 0.520 bits per heavy atom. The first kappa shape index (κ1) is 60.7. The van der Waals surface area contributed by atoms with Crippen molar-refractivity contribution in [3.8, 4) is 17.2 Å². The Bertz CT molecular complexity index is 3280. The van der Waals surface area contributed by atoms with Gasteiger partial charge in [-0.15, -0.1) is 34.0 Å². The van der Waals surface area contributed by atoms with E-state index in [0.717, 1.165) is 62.0 Å². The van der Waals surface area contributed by atoms with Gasteiger partial charge in [0.15, 0.2) is 29.9 Å². The van der Waals surface area contributed by atoms with Crippen molar-refractivity contribution in [2.75, 3.05) is 59.2 Å². The molecule has 7 rings (SSSR count). The number of benzene rings is 4. The molecule has 3 N–H and O–H groups in total. The number of ether oxygens (including phenoxy) is 2. The molecule has 23 heteroatoms. The topological polar surface area (TPSA) is 202 Å². The Kier molecular flexibility index (Phi) is 22.5. The van der Waals surface area contributed by atoms with E-state index in [2.05, 4.69) is 0 Å². The molecule has 4 aromatic carbocycles. The number of rotatable bonds is 20. The molecule has 75 heavy (non-hydrogen) atoms. The van der Waals surface area contributed by atoms with E-state index in [1.54, 1.807) is 33.1 Å². The molecule has 0 aliphatic rings. The number of nitrogen functional groups attached to an aromatic ring is 1. The third-order valence-electron chi connectivity index (χ3n) is 11.2. The summed E-state index contributed by atoms with van der Waals surface area (Å²) in [6.07, 6.45) is 0. The van der Waals surface area contributed by atoms with E-state index in [1.807, 2.05) is 135 Å². The number of aliphatic imine (C=N–C) groups is 2. The zero-order valence-corrected chi connectivity index (χ0v) is 49.0. The van der Waals surface area contributed by atoms with Crippen LogP contribution in [0.3, 0.4) is 0 Å². The largest absolute Gasteiger partial charge is 0.504 e. The van der Waals surface area contributed by atoms with Gasteiger partial charge in [0.1, 0.15) is 25.7 Å². The number of sulfonamides is 3. The van der Waals surface area contributed by atoms with Crippen LogP contribution in [0.15, 0.2) is 149 Å². The van der Waals surface area contributed by atoms with Gasteiger partial charge < -0.3 is 20.3 Å². The van der Waals surface area contributed by atoms with Crippen LogP contribution in [0.4, 0.5) is 17.1 Å². The van der Waals surface area contributed by atoms with Gasteiger partial charge in [-0.3, -0.25) is 0 Å². The number of thiophene rings is 3. The maximum Gasteiger partial charge on any atom is 0.256 e. The molecule has 0 aliphatic carbocycles. The highest BCUT2D eigenvalue weighted by molar-refractivity contribution is 7.92. The van der Waals surface area contributed by atoms with Crippen molar-refractivity contribution in [2.45, 2.75) is 54.2 Å². The Hall–Kier alpha value is -5.17. The fourth-order valence-corrected chi connectivity index (χ4v) is 17.1. The first-order valence-electron chi connectivity index (χ1n) is 23.5.